The number of phenolic OH excluding ortho intramolecular Hbond substituents is 2. The molecule has 0 aliphatic heterocycles. The zero-order chi connectivity index (χ0) is 15.5. The van der Waals surface area contributed by atoms with Gasteiger partial charge < -0.3 is 10.2 Å². The van der Waals surface area contributed by atoms with Crippen LogP contribution in [-0.4, -0.2) is 16.0 Å². The molecule has 0 saturated heterocycles. The van der Waals surface area contributed by atoms with Crippen LogP contribution < -0.4 is 0 Å². The van der Waals surface area contributed by atoms with Gasteiger partial charge in [-0.05, 0) is 42.5 Å². The Bertz CT molecular complexity index is 824. The van der Waals surface area contributed by atoms with Crippen LogP contribution in [0.4, 0.5) is 0 Å². The van der Waals surface area contributed by atoms with Crippen LogP contribution in [0.25, 0.3) is 0 Å². The molecule has 0 spiro atoms. The first kappa shape index (κ1) is 14.7. The van der Waals surface area contributed by atoms with Crippen molar-refractivity contribution in [1.82, 2.24) is 0 Å². The molecule has 0 bridgehead atoms. The summed E-state index contributed by atoms with van der Waals surface area (Å²) in [5, 5.41) is 18.9. The van der Waals surface area contributed by atoms with E-state index in [0.29, 0.717) is 10.4 Å². The molecular formula is C17H12O3S2. The Balaban J connectivity index is 1.80. The van der Waals surface area contributed by atoms with E-state index in [1.165, 1.54) is 35.2 Å². The Hall–Kier alpha value is -2.24. The summed E-state index contributed by atoms with van der Waals surface area (Å²) in [6.45, 7) is 0. The highest BCUT2D eigenvalue weighted by atomic mass is 32.2. The van der Waals surface area contributed by atoms with Crippen LogP contribution in [0, 0.1) is 0 Å². The van der Waals surface area contributed by atoms with Crippen LogP contribution in [0.5, 0.6) is 11.5 Å². The van der Waals surface area contributed by atoms with Crippen LogP contribution in [0.15, 0.2) is 69.8 Å². The summed E-state index contributed by atoms with van der Waals surface area (Å²) >= 11 is 2.89. The van der Waals surface area contributed by atoms with Crippen LogP contribution in [0.3, 0.4) is 0 Å². The highest BCUT2D eigenvalue weighted by molar-refractivity contribution is 8.01. The Morgan fingerprint density at radius 1 is 0.909 bits per heavy atom. The van der Waals surface area contributed by atoms with E-state index >= 15 is 0 Å². The zero-order valence-corrected chi connectivity index (χ0v) is 13.0. The van der Waals surface area contributed by atoms with Crippen molar-refractivity contribution in [2.24, 2.45) is 0 Å². The van der Waals surface area contributed by atoms with E-state index in [0.717, 1.165) is 9.10 Å². The molecular weight excluding hydrogens is 316 g/mol. The topological polar surface area (TPSA) is 57.5 Å². The number of thiophene rings is 1. The monoisotopic (exact) mass is 328 g/mol. The molecule has 0 fully saturated rings. The van der Waals surface area contributed by atoms with Crippen LogP contribution in [-0.2, 0) is 0 Å². The molecule has 3 nitrogen and oxygen atoms in total. The fraction of sp³-hybridized carbons (Fsp3) is 0. The summed E-state index contributed by atoms with van der Waals surface area (Å²) < 4.78 is 0.967. The first-order valence-corrected chi connectivity index (χ1v) is 8.15. The zero-order valence-electron chi connectivity index (χ0n) is 11.4. The van der Waals surface area contributed by atoms with Gasteiger partial charge in [-0.25, -0.2) is 0 Å². The number of carbonyl (C=O) groups excluding carboxylic acids is 1. The van der Waals surface area contributed by atoms with Crippen molar-refractivity contribution in [3.63, 3.8) is 0 Å². The quantitative estimate of drug-likeness (QED) is 0.690. The molecule has 2 aromatic carbocycles. The van der Waals surface area contributed by atoms with E-state index in [2.05, 4.69) is 0 Å². The fourth-order valence-corrected chi connectivity index (χ4v) is 4.07. The lowest BCUT2D eigenvalue weighted by atomic mass is 10.1. The van der Waals surface area contributed by atoms with Gasteiger partial charge >= 0.3 is 0 Å². The second-order valence-corrected chi connectivity index (χ2v) is 7.06. The maximum atomic E-state index is 12.4. The van der Waals surface area contributed by atoms with E-state index in [9.17, 15) is 15.0 Å². The maximum absolute atomic E-state index is 12.4. The number of aromatic hydroxyl groups is 2. The Kier molecular flexibility index (Phi) is 4.18. The van der Waals surface area contributed by atoms with Crippen molar-refractivity contribution in [2.75, 3.05) is 0 Å². The van der Waals surface area contributed by atoms with E-state index in [1.54, 1.807) is 36.4 Å². The Labute approximate surface area is 135 Å². The fourth-order valence-electron chi connectivity index (χ4n) is 1.95. The third-order valence-corrected chi connectivity index (χ3v) is 5.16. The molecule has 1 aromatic heterocycles. The standard InChI is InChI=1S/C17H12O3S2/c18-12-4-1-3-11(9-12)17(20)15-7-8-16(22-15)21-14-6-2-5-13(19)10-14/h1-10,18-19H. The molecule has 2 N–H and O–H groups in total. The van der Waals surface area contributed by atoms with Gasteiger partial charge in [-0.15, -0.1) is 11.3 Å². The summed E-state index contributed by atoms with van der Waals surface area (Å²) in [6, 6.07) is 17.0. The molecule has 0 aliphatic rings. The largest absolute Gasteiger partial charge is 0.508 e. The second kappa shape index (κ2) is 6.25. The number of carbonyl (C=O) groups is 1. The van der Waals surface area contributed by atoms with E-state index in [-0.39, 0.29) is 17.3 Å². The van der Waals surface area contributed by atoms with Gasteiger partial charge in [0, 0.05) is 10.5 Å². The van der Waals surface area contributed by atoms with Gasteiger partial charge in [-0.3, -0.25) is 4.79 Å². The molecule has 3 rings (SSSR count). The van der Waals surface area contributed by atoms with E-state index in [4.69, 9.17) is 0 Å². The second-order valence-electron chi connectivity index (χ2n) is 4.60. The minimum Gasteiger partial charge on any atom is -0.508 e. The van der Waals surface area contributed by atoms with Crippen molar-refractivity contribution in [2.45, 2.75) is 9.10 Å². The average molecular weight is 328 g/mol. The highest BCUT2D eigenvalue weighted by Crippen LogP contribution is 2.35. The van der Waals surface area contributed by atoms with Gasteiger partial charge in [0.15, 0.2) is 0 Å². The molecule has 110 valence electrons. The summed E-state index contributed by atoms with van der Waals surface area (Å²) in [7, 11) is 0. The number of hydrogen-bond acceptors (Lipinski definition) is 5. The van der Waals surface area contributed by atoms with Crippen LogP contribution >= 0.6 is 23.1 Å². The first-order valence-electron chi connectivity index (χ1n) is 6.52. The van der Waals surface area contributed by atoms with Crippen molar-refractivity contribution in [3.05, 3.63) is 71.1 Å². The van der Waals surface area contributed by atoms with Gasteiger partial charge in [0.05, 0.1) is 9.09 Å². The molecule has 1 heterocycles. The van der Waals surface area contributed by atoms with Gasteiger partial charge in [0.1, 0.15) is 11.5 Å². The molecule has 0 saturated carbocycles. The smallest absolute Gasteiger partial charge is 0.203 e. The third kappa shape index (κ3) is 3.32. The predicted molar refractivity (Wildman–Crippen MR) is 88.1 cm³/mol. The van der Waals surface area contributed by atoms with Crippen molar-refractivity contribution in [1.29, 1.82) is 0 Å². The number of ketones is 1. The minimum absolute atomic E-state index is 0.0803. The lowest BCUT2D eigenvalue weighted by Crippen LogP contribution is -1.97. The lowest BCUT2D eigenvalue weighted by Gasteiger charge is -2.00. The van der Waals surface area contributed by atoms with Gasteiger partial charge in [0.2, 0.25) is 5.78 Å². The van der Waals surface area contributed by atoms with Crippen molar-refractivity contribution >= 4 is 28.9 Å². The Morgan fingerprint density at radius 3 is 2.36 bits per heavy atom. The first-order chi connectivity index (χ1) is 10.6. The maximum Gasteiger partial charge on any atom is 0.203 e. The number of rotatable bonds is 4. The lowest BCUT2D eigenvalue weighted by molar-refractivity contribution is 0.104. The summed E-state index contributed by atoms with van der Waals surface area (Å²) in [4.78, 5) is 13.9. The molecule has 0 amide bonds. The van der Waals surface area contributed by atoms with Crippen molar-refractivity contribution < 1.29 is 15.0 Å². The van der Waals surface area contributed by atoms with E-state index in [1.807, 2.05) is 12.1 Å². The number of hydrogen-bond donors (Lipinski definition) is 2. The molecule has 3 aromatic rings. The summed E-state index contributed by atoms with van der Waals surface area (Å²) in [5.41, 5.74) is 0.468. The number of phenols is 2. The molecule has 0 aliphatic carbocycles. The molecule has 5 heteroatoms. The van der Waals surface area contributed by atoms with Crippen LogP contribution in [0.1, 0.15) is 15.2 Å². The predicted octanol–water partition coefficient (Wildman–Crippen LogP) is 4.54. The summed E-state index contributed by atoms with van der Waals surface area (Å²) in [6.07, 6.45) is 0. The Morgan fingerprint density at radius 2 is 1.64 bits per heavy atom. The van der Waals surface area contributed by atoms with Crippen LogP contribution in [0.2, 0.25) is 0 Å². The van der Waals surface area contributed by atoms with Gasteiger partial charge in [0.25, 0.3) is 0 Å². The molecule has 0 unspecified atom stereocenters. The average Bonchev–Trinajstić information content (AvgIpc) is 2.95. The molecule has 0 atom stereocenters. The molecule has 0 radical (unpaired) electrons. The summed E-state index contributed by atoms with van der Waals surface area (Å²) in [5.74, 6) is 0.193. The van der Waals surface area contributed by atoms with Gasteiger partial charge in [-0.2, -0.15) is 0 Å². The molecule has 22 heavy (non-hydrogen) atoms. The van der Waals surface area contributed by atoms with E-state index < -0.39 is 0 Å². The normalized spacial score (nSPS) is 10.5. The highest BCUT2D eigenvalue weighted by Gasteiger charge is 2.13. The van der Waals surface area contributed by atoms with Crippen molar-refractivity contribution in [3.8, 4) is 11.5 Å². The van der Waals surface area contributed by atoms with Gasteiger partial charge in [-0.1, -0.05) is 30.0 Å². The number of benzene rings is 2. The minimum atomic E-state index is -0.108. The third-order valence-electron chi connectivity index (χ3n) is 2.95. The SMILES string of the molecule is O=C(c1cccc(O)c1)c1ccc(Sc2cccc(O)c2)s1.